The van der Waals surface area contributed by atoms with E-state index in [0.29, 0.717) is 38.8 Å². The second kappa shape index (κ2) is 11.1. The average Bonchev–Trinajstić information content (AvgIpc) is 3.14. The molecule has 1 aliphatic heterocycles. The maximum Gasteiger partial charge on any atom is 0.408 e. The van der Waals surface area contributed by atoms with E-state index >= 15 is 0 Å². The Morgan fingerprint density at radius 3 is 2.65 bits per heavy atom. The zero-order valence-corrected chi connectivity index (χ0v) is 20.4. The molecule has 1 aromatic carbocycles. The Labute approximate surface area is 200 Å². The molecule has 4 atom stereocenters. The van der Waals surface area contributed by atoms with Crippen molar-refractivity contribution < 1.29 is 28.6 Å². The fourth-order valence-electron chi connectivity index (χ4n) is 4.96. The van der Waals surface area contributed by atoms with Crippen LogP contribution in [0, 0.1) is 5.92 Å². The first kappa shape index (κ1) is 25.9. The lowest BCUT2D eigenvalue weighted by molar-refractivity contribution is -0.148. The molecule has 0 unspecified atom stereocenters. The predicted octanol–water partition coefficient (Wildman–Crippen LogP) is 3.18. The highest BCUT2D eigenvalue weighted by Crippen LogP contribution is 2.43. The van der Waals surface area contributed by atoms with Gasteiger partial charge in [0.2, 0.25) is 12.0 Å². The van der Waals surface area contributed by atoms with Crippen molar-refractivity contribution >= 4 is 18.1 Å². The summed E-state index contributed by atoms with van der Waals surface area (Å²) in [4.78, 5) is 43.0. The van der Waals surface area contributed by atoms with Crippen LogP contribution < -0.4 is 5.32 Å². The summed E-state index contributed by atoms with van der Waals surface area (Å²) < 4.78 is 16.9. The van der Waals surface area contributed by atoms with Gasteiger partial charge in [0, 0.05) is 19.6 Å². The van der Waals surface area contributed by atoms with Crippen molar-refractivity contribution in [3.63, 3.8) is 0 Å². The number of hydrogen-bond acceptors (Lipinski definition) is 7. The van der Waals surface area contributed by atoms with Crippen LogP contribution in [-0.4, -0.2) is 66.7 Å². The van der Waals surface area contributed by atoms with Crippen molar-refractivity contribution in [1.82, 2.24) is 10.2 Å². The number of ether oxygens (including phenoxy) is 3. The molecular weight excluding hydrogens is 438 g/mol. The monoisotopic (exact) mass is 473 g/mol. The van der Waals surface area contributed by atoms with Crippen molar-refractivity contribution in [3.05, 3.63) is 35.9 Å². The first-order chi connectivity index (χ1) is 16.2. The first-order valence-electron chi connectivity index (χ1n) is 11.7. The highest BCUT2D eigenvalue weighted by atomic mass is 16.5. The van der Waals surface area contributed by atoms with Crippen LogP contribution in [0.25, 0.3) is 0 Å². The zero-order valence-electron chi connectivity index (χ0n) is 20.4. The van der Waals surface area contributed by atoms with Crippen LogP contribution in [0.4, 0.5) is 4.79 Å². The van der Waals surface area contributed by atoms with Crippen LogP contribution >= 0.6 is 0 Å². The predicted molar refractivity (Wildman–Crippen MR) is 125 cm³/mol. The summed E-state index contributed by atoms with van der Waals surface area (Å²) in [6.45, 7) is 6.79. The highest BCUT2D eigenvalue weighted by Gasteiger charge is 2.53. The third kappa shape index (κ3) is 6.23. The average molecular weight is 474 g/mol. The molecular formula is C25H35N3O6. The maximum atomic E-state index is 13.3. The van der Waals surface area contributed by atoms with E-state index in [9.17, 15) is 14.4 Å². The molecule has 0 spiro atoms. The molecule has 1 heterocycles. The molecule has 3 rings (SSSR count). The Morgan fingerprint density at radius 2 is 2.00 bits per heavy atom. The molecule has 1 aromatic rings. The number of rotatable bonds is 8. The summed E-state index contributed by atoms with van der Waals surface area (Å²) in [7, 11) is 1.59. The number of aliphatic imine (C=N–C) groups is 1. The fourth-order valence-corrected chi connectivity index (χ4v) is 4.96. The Balaban J connectivity index is 1.69. The lowest BCUT2D eigenvalue weighted by Gasteiger charge is -2.48. The summed E-state index contributed by atoms with van der Waals surface area (Å²) >= 11 is 0. The smallest absolute Gasteiger partial charge is 0.408 e. The van der Waals surface area contributed by atoms with E-state index in [-0.39, 0.29) is 30.1 Å². The van der Waals surface area contributed by atoms with Crippen molar-refractivity contribution in [2.45, 2.75) is 76.5 Å². The van der Waals surface area contributed by atoms with Crippen LogP contribution in [0.5, 0.6) is 0 Å². The molecule has 186 valence electrons. The molecule has 2 amide bonds. The number of alkyl carbamates (subject to hydrolysis) is 1. The Morgan fingerprint density at radius 1 is 1.26 bits per heavy atom. The van der Waals surface area contributed by atoms with Crippen molar-refractivity contribution in [3.8, 4) is 0 Å². The van der Waals surface area contributed by atoms with E-state index in [4.69, 9.17) is 14.2 Å². The molecule has 1 saturated heterocycles. The molecule has 9 heteroatoms. The first-order valence-corrected chi connectivity index (χ1v) is 11.7. The normalized spacial score (nSPS) is 27.2. The Hall–Kier alpha value is -2.74. The third-order valence-corrected chi connectivity index (χ3v) is 6.34. The number of benzene rings is 1. The number of hydrogen-bond donors (Lipinski definition) is 1. The van der Waals surface area contributed by atoms with Gasteiger partial charge in [0.15, 0.2) is 5.66 Å². The summed E-state index contributed by atoms with van der Waals surface area (Å²) in [5, 5.41) is 2.67. The van der Waals surface area contributed by atoms with Gasteiger partial charge in [-0.25, -0.2) is 9.59 Å². The van der Waals surface area contributed by atoms with Crippen molar-refractivity contribution in [1.29, 1.82) is 0 Å². The number of nitrogens with one attached hydrogen (secondary N) is 1. The van der Waals surface area contributed by atoms with Gasteiger partial charge in [0.05, 0.1) is 18.3 Å². The number of methoxy groups -OCH3 is 1. The second-order valence-electron chi connectivity index (χ2n) is 9.90. The highest BCUT2D eigenvalue weighted by molar-refractivity contribution is 5.88. The molecule has 1 N–H and O–H groups in total. The summed E-state index contributed by atoms with van der Waals surface area (Å²) in [5.74, 6) is -0.528. The molecule has 0 aromatic heterocycles. The molecule has 2 fully saturated rings. The van der Waals surface area contributed by atoms with E-state index in [1.54, 1.807) is 18.1 Å². The lowest BCUT2D eigenvalue weighted by atomic mass is 9.76. The van der Waals surface area contributed by atoms with E-state index in [0.717, 1.165) is 5.56 Å². The number of isocyanates is 1. The van der Waals surface area contributed by atoms with Crippen LogP contribution in [0.3, 0.4) is 0 Å². The van der Waals surface area contributed by atoms with E-state index in [1.165, 1.54) is 0 Å². The third-order valence-electron chi connectivity index (χ3n) is 6.34. The minimum atomic E-state index is -1.07. The summed E-state index contributed by atoms with van der Waals surface area (Å²) in [6, 6.07) is 8.57. The largest absolute Gasteiger partial charge is 0.445 e. The number of carbonyl (C=O) groups is 2. The number of likely N-dealkylation sites (tertiary alicyclic amines) is 1. The van der Waals surface area contributed by atoms with Crippen LogP contribution in [0.1, 0.15) is 52.0 Å². The summed E-state index contributed by atoms with van der Waals surface area (Å²) in [5.41, 5.74) is -0.529. The molecule has 1 saturated carbocycles. The van der Waals surface area contributed by atoms with Gasteiger partial charge in [0.1, 0.15) is 12.6 Å². The molecule has 2 aliphatic rings. The van der Waals surface area contributed by atoms with Gasteiger partial charge in [-0.15, -0.1) is 0 Å². The van der Waals surface area contributed by atoms with Gasteiger partial charge in [0.25, 0.3) is 0 Å². The number of carbonyl (C=O) groups excluding carboxylic acids is 3. The molecule has 1 aliphatic carbocycles. The molecule has 0 bridgehead atoms. The minimum Gasteiger partial charge on any atom is -0.445 e. The van der Waals surface area contributed by atoms with Crippen LogP contribution in [-0.2, 0) is 30.4 Å². The van der Waals surface area contributed by atoms with Gasteiger partial charge in [-0.1, -0.05) is 30.3 Å². The van der Waals surface area contributed by atoms with Crippen molar-refractivity contribution in [2.75, 3.05) is 20.3 Å². The zero-order chi connectivity index (χ0) is 24.8. The quantitative estimate of drug-likeness (QED) is 0.459. The number of amides is 2. The van der Waals surface area contributed by atoms with Crippen LogP contribution in [0.2, 0.25) is 0 Å². The Kier molecular flexibility index (Phi) is 8.47. The topological polar surface area (TPSA) is 107 Å². The van der Waals surface area contributed by atoms with E-state index < -0.39 is 17.8 Å². The maximum absolute atomic E-state index is 13.3. The van der Waals surface area contributed by atoms with Crippen LogP contribution in [0.15, 0.2) is 35.3 Å². The second-order valence-corrected chi connectivity index (χ2v) is 9.90. The Bertz CT molecular complexity index is 896. The van der Waals surface area contributed by atoms with Gasteiger partial charge >= 0.3 is 6.09 Å². The molecule has 34 heavy (non-hydrogen) atoms. The van der Waals surface area contributed by atoms with Gasteiger partial charge in [-0.2, -0.15) is 4.99 Å². The lowest BCUT2D eigenvalue weighted by Crippen LogP contribution is -2.59. The van der Waals surface area contributed by atoms with E-state index in [2.05, 4.69) is 10.3 Å². The molecule has 0 radical (unpaired) electrons. The van der Waals surface area contributed by atoms with Gasteiger partial charge < -0.3 is 24.4 Å². The number of nitrogens with zero attached hydrogens (tertiary/aromatic N) is 2. The summed E-state index contributed by atoms with van der Waals surface area (Å²) in [6.07, 6.45) is 3.09. The van der Waals surface area contributed by atoms with Gasteiger partial charge in [-0.3, -0.25) is 4.79 Å². The minimum absolute atomic E-state index is 0.0327. The van der Waals surface area contributed by atoms with Crippen molar-refractivity contribution in [2.24, 2.45) is 10.9 Å². The molecule has 9 nitrogen and oxygen atoms in total. The SMILES string of the molecule is COC[C@@H]1C[C@H](OC(C)(C)C)CC[C@@]1(N=C=O)N1CC[C@H](NC(=O)OCc2ccccc2)C1=O. The van der Waals surface area contributed by atoms with Gasteiger partial charge in [-0.05, 0) is 52.0 Å². The van der Waals surface area contributed by atoms with E-state index in [1.807, 2.05) is 51.1 Å². The fraction of sp³-hybridized carbons (Fsp3) is 0.640. The standard InChI is InChI=1S/C25H35N3O6/c1-24(2,3)34-20-10-12-25(26-17-29,19(14-20)16-32-4)28-13-11-21(22(28)30)27-23(31)33-15-18-8-6-5-7-9-18/h5-9,19-21H,10-16H2,1-4H3,(H,27,31)/t19-,20+,21-,25+/m0/s1.